The van der Waals surface area contributed by atoms with E-state index in [0.717, 1.165) is 25.2 Å². The molecule has 1 atom stereocenters. The highest BCUT2D eigenvalue weighted by atomic mass is 32.1. The molecule has 3 heterocycles. The number of carbonyl (C=O) groups is 2. The van der Waals surface area contributed by atoms with Gasteiger partial charge in [0.05, 0.1) is 11.5 Å². The maximum absolute atomic E-state index is 12.9. The Hall–Kier alpha value is -2.18. The molecule has 6 heteroatoms. The van der Waals surface area contributed by atoms with Crippen LogP contribution in [-0.4, -0.2) is 53.8 Å². The molecule has 2 aromatic rings. The van der Waals surface area contributed by atoms with Gasteiger partial charge in [0.25, 0.3) is 5.91 Å². The molecule has 1 unspecified atom stereocenters. The minimum atomic E-state index is -0.139. The van der Waals surface area contributed by atoms with Gasteiger partial charge in [0, 0.05) is 49.6 Å². The number of nitrogens with one attached hydrogen (secondary N) is 1. The van der Waals surface area contributed by atoms with Crippen LogP contribution in [-0.2, 0) is 11.3 Å². The van der Waals surface area contributed by atoms with Crippen LogP contribution >= 0.6 is 11.3 Å². The molecule has 0 aliphatic carbocycles. The van der Waals surface area contributed by atoms with Gasteiger partial charge in [-0.3, -0.25) is 14.5 Å². The topological polar surface area (TPSA) is 52.7 Å². The van der Waals surface area contributed by atoms with Crippen molar-refractivity contribution in [2.45, 2.75) is 26.4 Å². The van der Waals surface area contributed by atoms with Crippen LogP contribution in [0, 0.1) is 11.3 Å². The van der Waals surface area contributed by atoms with E-state index in [4.69, 9.17) is 0 Å². The summed E-state index contributed by atoms with van der Waals surface area (Å²) in [4.78, 5) is 29.9. The lowest BCUT2D eigenvalue weighted by Gasteiger charge is -2.50. The number of carbonyl (C=O) groups excluding carboxylic acids is 2. The van der Waals surface area contributed by atoms with E-state index in [9.17, 15) is 9.59 Å². The third kappa shape index (κ3) is 3.71. The van der Waals surface area contributed by atoms with Gasteiger partial charge in [0.2, 0.25) is 5.91 Å². The average Bonchev–Trinajstić information content (AvgIpc) is 3.28. The van der Waals surface area contributed by atoms with Crippen LogP contribution in [0.25, 0.3) is 0 Å². The van der Waals surface area contributed by atoms with Gasteiger partial charge in [-0.05, 0) is 30.9 Å². The van der Waals surface area contributed by atoms with Crippen LogP contribution in [0.4, 0.5) is 0 Å². The van der Waals surface area contributed by atoms with E-state index in [1.165, 1.54) is 16.9 Å². The Kier molecular flexibility index (Phi) is 5.25. The first-order valence-electron chi connectivity index (χ1n) is 9.85. The normalized spacial score (nSPS) is 21.1. The quantitative estimate of drug-likeness (QED) is 0.844. The molecule has 1 spiro atoms. The molecule has 0 radical (unpaired) electrons. The Morgan fingerprint density at radius 3 is 2.57 bits per heavy atom. The standard InChI is InChI=1S/C22H27N3O2S/c1-16(2)23-20(26)19-11-24(10-17-6-4-3-5-7-17)13-22(19)14-25(15-22)21(27)18-8-9-28-12-18/h3-9,12,16,19H,10-11,13-15H2,1-2H3,(H,23,26). The molecule has 0 bridgehead atoms. The summed E-state index contributed by atoms with van der Waals surface area (Å²) in [7, 11) is 0. The summed E-state index contributed by atoms with van der Waals surface area (Å²) in [6, 6.07) is 12.4. The number of rotatable bonds is 5. The van der Waals surface area contributed by atoms with Crippen LogP contribution in [0.2, 0.25) is 0 Å². The molecule has 1 N–H and O–H groups in total. The van der Waals surface area contributed by atoms with E-state index in [1.54, 1.807) is 0 Å². The molecule has 2 fully saturated rings. The van der Waals surface area contributed by atoms with Crippen LogP contribution < -0.4 is 5.32 Å². The van der Waals surface area contributed by atoms with Gasteiger partial charge in [-0.25, -0.2) is 0 Å². The predicted molar refractivity (Wildman–Crippen MR) is 111 cm³/mol. The van der Waals surface area contributed by atoms with E-state index in [0.29, 0.717) is 13.1 Å². The summed E-state index contributed by atoms with van der Waals surface area (Å²) < 4.78 is 0. The SMILES string of the molecule is CC(C)NC(=O)C1CN(Cc2ccccc2)CC12CN(C(=O)c1ccsc1)C2. The molecule has 2 saturated heterocycles. The van der Waals surface area contributed by atoms with Gasteiger partial charge < -0.3 is 10.2 Å². The van der Waals surface area contributed by atoms with Crippen LogP contribution in [0.3, 0.4) is 0 Å². The lowest BCUT2D eigenvalue weighted by atomic mass is 9.71. The molecule has 148 valence electrons. The minimum Gasteiger partial charge on any atom is -0.354 e. The summed E-state index contributed by atoms with van der Waals surface area (Å²) in [6.07, 6.45) is 0. The van der Waals surface area contributed by atoms with E-state index >= 15 is 0 Å². The van der Waals surface area contributed by atoms with E-state index in [-0.39, 0.29) is 29.2 Å². The Bertz CT molecular complexity index is 829. The fourth-order valence-corrected chi connectivity index (χ4v) is 5.16. The van der Waals surface area contributed by atoms with Crippen molar-refractivity contribution in [2.24, 2.45) is 11.3 Å². The van der Waals surface area contributed by atoms with Crippen LogP contribution in [0.1, 0.15) is 29.8 Å². The summed E-state index contributed by atoms with van der Waals surface area (Å²) >= 11 is 1.54. The Morgan fingerprint density at radius 1 is 1.18 bits per heavy atom. The zero-order valence-corrected chi connectivity index (χ0v) is 17.2. The van der Waals surface area contributed by atoms with Gasteiger partial charge in [-0.15, -0.1) is 0 Å². The van der Waals surface area contributed by atoms with E-state index < -0.39 is 0 Å². The zero-order valence-electron chi connectivity index (χ0n) is 16.4. The largest absolute Gasteiger partial charge is 0.354 e. The monoisotopic (exact) mass is 397 g/mol. The highest BCUT2D eigenvalue weighted by Gasteiger charge is 2.57. The molecule has 28 heavy (non-hydrogen) atoms. The third-order valence-corrected chi connectivity index (χ3v) is 6.46. The van der Waals surface area contributed by atoms with Crippen molar-refractivity contribution in [3.8, 4) is 0 Å². The molecule has 5 nitrogen and oxygen atoms in total. The van der Waals surface area contributed by atoms with Crippen molar-refractivity contribution in [3.05, 3.63) is 58.3 Å². The molecule has 1 aromatic carbocycles. The second-order valence-electron chi connectivity index (χ2n) is 8.41. The van der Waals surface area contributed by atoms with Crippen molar-refractivity contribution < 1.29 is 9.59 Å². The Morgan fingerprint density at radius 2 is 1.93 bits per heavy atom. The number of hydrogen-bond donors (Lipinski definition) is 1. The van der Waals surface area contributed by atoms with E-state index in [1.807, 2.05) is 41.6 Å². The molecule has 1 aromatic heterocycles. The summed E-state index contributed by atoms with van der Waals surface area (Å²) in [5.41, 5.74) is 1.87. The lowest BCUT2D eigenvalue weighted by molar-refractivity contribution is -0.131. The maximum Gasteiger partial charge on any atom is 0.254 e. The van der Waals surface area contributed by atoms with Crippen molar-refractivity contribution in [1.29, 1.82) is 0 Å². The van der Waals surface area contributed by atoms with Crippen LogP contribution in [0.15, 0.2) is 47.2 Å². The van der Waals surface area contributed by atoms with Gasteiger partial charge >= 0.3 is 0 Å². The van der Waals surface area contributed by atoms with Crippen LogP contribution in [0.5, 0.6) is 0 Å². The average molecular weight is 398 g/mol. The Balaban J connectivity index is 1.48. The highest BCUT2D eigenvalue weighted by molar-refractivity contribution is 7.08. The van der Waals surface area contributed by atoms with Crippen molar-refractivity contribution in [2.75, 3.05) is 26.2 Å². The smallest absolute Gasteiger partial charge is 0.254 e. The number of nitrogens with zero attached hydrogens (tertiary/aromatic N) is 2. The molecule has 4 rings (SSSR count). The van der Waals surface area contributed by atoms with Gasteiger partial charge in [0.15, 0.2) is 0 Å². The predicted octanol–water partition coefficient (Wildman–Crippen LogP) is 2.85. The minimum absolute atomic E-state index is 0.0786. The van der Waals surface area contributed by atoms with Gasteiger partial charge in [-0.2, -0.15) is 11.3 Å². The molecule has 0 saturated carbocycles. The first-order chi connectivity index (χ1) is 13.5. The second kappa shape index (κ2) is 7.68. The van der Waals surface area contributed by atoms with Crippen molar-refractivity contribution in [1.82, 2.24) is 15.1 Å². The summed E-state index contributed by atoms with van der Waals surface area (Å²) in [6.45, 7) is 7.74. The number of hydrogen-bond acceptors (Lipinski definition) is 4. The number of amides is 2. The first-order valence-corrected chi connectivity index (χ1v) is 10.8. The second-order valence-corrected chi connectivity index (χ2v) is 9.19. The fourth-order valence-electron chi connectivity index (χ4n) is 4.53. The number of thiophene rings is 1. The molecule has 2 amide bonds. The first kappa shape index (κ1) is 19.2. The van der Waals surface area contributed by atoms with Gasteiger partial charge in [0.1, 0.15) is 0 Å². The van der Waals surface area contributed by atoms with Crippen molar-refractivity contribution >= 4 is 23.2 Å². The number of likely N-dealkylation sites (tertiary alicyclic amines) is 2. The molecular formula is C22H27N3O2S. The summed E-state index contributed by atoms with van der Waals surface area (Å²) in [5, 5.41) is 6.92. The van der Waals surface area contributed by atoms with Gasteiger partial charge in [-0.1, -0.05) is 30.3 Å². The molecule has 2 aliphatic heterocycles. The molecule has 2 aliphatic rings. The Labute approximate surface area is 170 Å². The molecular weight excluding hydrogens is 370 g/mol. The highest BCUT2D eigenvalue weighted by Crippen LogP contribution is 2.45. The van der Waals surface area contributed by atoms with Crippen molar-refractivity contribution in [3.63, 3.8) is 0 Å². The lowest BCUT2D eigenvalue weighted by Crippen LogP contribution is -2.64. The van der Waals surface area contributed by atoms with E-state index in [2.05, 4.69) is 34.5 Å². The fraction of sp³-hybridized carbons (Fsp3) is 0.455. The third-order valence-electron chi connectivity index (χ3n) is 5.78. The summed E-state index contributed by atoms with van der Waals surface area (Å²) in [5.74, 6) is 0.120. The maximum atomic E-state index is 12.9. The zero-order chi connectivity index (χ0) is 19.7. The number of benzene rings is 1.